The highest BCUT2D eigenvalue weighted by Crippen LogP contribution is 2.26. The van der Waals surface area contributed by atoms with Crippen LogP contribution in [0, 0.1) is 0 Å². The predicted octanol–water partition coefficient (Wildman–Crippen LogP) is 4.48. The molecule has 3 aromatic rings. The summed E-state index contributed by atoms with van der Waals surface area (Å²) in [6.07, 6.45) is -4.37. The van der Waals surface area contributed by atoms with Gasteiger partial charge >= 0.3 is 17.9 Å². The quantitative estimate of drug-likeness (QED) is 0.343. The molecule has 0 aliphatic rings. The van der Waals surface area contributed by atoms with Crippen molar-refractivity contribution in [1.82, 2.24) is 0 Å². The zero-order chi connectivity index (χ0) is 27.8. The van der Waals surface area contributed by atoms with Gasteiger partial charge in [-0.25, -0.2) is 14.4 Å². The molecular formula is C26H21Cl2NO9. The predicted molar refractivity (Wildman–Crippen MR) is 137 cm³/mol. The maximum absolute atomic E-state index is 13.2. The molecule has 0 saturated heterocycles. The highest BCUT2D eigenvalue weighted by Gasteiger charge is 2.41. The van der Waals surface area contributed by atoms with Gasteiger partial charge in [-0.1, -0.05) is 35.3 Å². The van der Waals surface area contributed by atoms with Crippen LogP contribution in [0.3, 0.4) is 0 Å². The summed E-state index contributed by atoms with van der Waals surface area (Å²) in [5.74, 6) is -4.43. The monoisotopic (exact) mass is 561 g/mol. The Balaban J connectivity index is 1.95. The SMILES string of the molecule is COc1cccc(C(=O)O[C@H](C(=O)Nc2ccc(Cl)cc2Cl)[C@@H](OC(=O)c2cccc(OC)c2)C(=O)O)c1. The van der Waals surface area contributed by atoms with Gasteiger partial charge in [0.25, 0.3) is 5.91 Å². The maximum atomic E-state index is 13.2. The molecule has 0 aliphatic carbocycles. The van der Waals surface area contributed by atoms with Crippen molar-refractivity contribution in [3.8, 4) is 11.5 Å². The molecule has 3 rings (SSSR count). The smallest absolute Gasteiger partial charge is 0.349 e. The Hall–Kier alpha value is -4.28. The van der Waals surface area contributed by atoms with E-state index in [1.54, 1.807) is 12.1 Å². The lowest BCUT2D eigenvalue weighted by Crippen LogP contribution is -2.48. The van der Waals surface area contributed by atoms with Crippen molar-refractivity contribution in [2.45, 2.75) is 12.2 Å². The third kappa shape index (κ3) is 7.15. The fourth-order valence-electron chi connectivity index (χ4n) is 3.16. The number of amides is 1. The van der Waals surface area contributed by atoms with Gasteiger partial charge < -0.3 is 29.4 Å². The van der Waals surface area contributed by atoms with E-state index in [0.29, 0.717) is 11.5 Å². The number of carbonyl (C=O) groups is 4. The van der Waals surface area contributed by atoms with E-state index in [1.807, 2.05) is 0 Å². The molecule has 38 heavy (non-hydrogen) atoms. The van der Waals surface area contributed by atoms with E-state index in [9.17, 15) is 24.3 Å². The molecule has 2 atom stereocenters. The Labute approximate surface area is 227 Å². The number of nitrogens with one attached hydrogen (secondary N) is 1. The lowest BCUT2D eigenvalue weighted by Gasteiger charge is -2.24. The van der Waals surface area contributed by atoms with Crippen molar-refractivity contribution in [3.63, 3.8) is 0 Å². The molecule has 3 aromatic carbocycles. The van der Waals surface area contributed by atoms with E-state index < -0.39 is 36.0 Å². The molecule has 0 saturated carbocycles. The standard InChI is InChI=1S/C26H21Cl2NO9/c1-35-17-7-3-5-14(11-17)25(33)37-21(23(30)29-20-10-9-16(27)13-19(20)28)22(24(31)32)38-26(34)15-6-4-8-18(12-15)36-2/h3-13,21-22H,1-2H3,(H,29,30)(H,31,32)/t21-,22+/m0/s1. The number of anilines is 1. The van der Waals surface area contributed by atoms with Crippen LogP contribution in [0.15, 0.2) is 66.7 Å². The summed E-state index contributed by atoms with van der Waals surface area (Å²) >= 11 is 12.0. The largest absolute Gasteiger partial charge is 0.497 e. The van der Waals surface area contributed by atoms with Crippen molar-refractivity contribution in [1.29, 1.82) is 0 Å². The summed E-state index contributed by atoms with van der Waals surface area (Å²) in [6, 6.07) is 15.6. The van der Waals surface area contributed by atoms with E-state index in [2.05, 4.69) is 5.32 Å². The number of carboxylic acid groups (broad SMARTS) is 1. The van der Waals surface area contributed by atoms with Gasteiger partial charge in [-0.3, -0.25) is 4.79 Å². The lowest BCUT2D eigenvalue weighted by atomic mass is 10.1. The van der Waals surface area contributed by atoms with Gasteiger partial charge in [0.1, 0.15) is 11.5 Å². The van der Waals surface area contributed by atoms with Gasteiger partial charge in [0, 0.05) is 5.02 Å². The number of hydrogen-bond acceptors (Lipinski definition) is 8. The molecule has 0 radical (unpaired) electrons. The van der Waals surface area contributed by atoms with Crippen LogP contribution in [0.25, 0.3) is 0 Å². The van der Waals surface area contributed by atoms with Crippen LogP contribution >= 0.6 is 23.2 Å². The molecule has 0 unspecified atom stereocenters. The Morgan fingerprint density at radius 2 is 1.29 bits per heavy atom. The maximum Gasteiger partial charge on any atom is 0.349 e. The fraction of sp³-hybridized carbons (Fsp3) is 0.154. The number of aliphatic carboxylic acids is 1. The summed E-state index contributed by atoms with van der Waals surface area (Å²) in [6.45, 7) is 0. The van der Waals surface area contributed by atoms with Crippen LogP contribution in [0.2, 0.25) is 10.0 Å². The number of rotatable bonds is 10. The van der Waals surface area contributed by atoms with Gasteiger partial charge in [-0.2, -0.15) is 0 Å². The Morgan fingerprint density at radius 3 is 1.76 bits per heavy atom. The zero-order valence-corrected chi connectivity index (χ0v) is 21.5. The highest BCUT2D eigenvalue weighted by atomic mass is 35.5. The van der Waals surface area contributed by atoms with Gasteiger partial charge in [0.15, 0.2) is 0 Å². The van der Waals surface area contributed by atoms with Gasteiger partial charge in [0.05, 0.1) is 36.1 Å². The molecule has 0 aromatic heterocycles. The van der Waals surface area contributed by atoms with Crippen LogP contribution in [-0.2, 0) is 19.1 Å². The number of halogens is 2. The van der Waals surface area contributed by atoms with Crippen molar-refractivity contribution in [3.05, 3.63) is 87.9 Å². The zero-order valence-electron chi connectivity index (χ0n) is 20.0. The summed E-state index contributed by atoms with van der Waals surface area (Å²) in [4.78, 5) is 51.1. The van der Waals surface area contributed by atoms with E-state index >= 15 is 0 Å². The molecule has 198 valence electrons. The average molecular weight is 562 g/mol. The Kier molecular flexibility index (Phi) is 9.53. The second kappa shape index (κ2) is 12.8. The minimum atomic E-state index is -2.24. The molecule has 10 nitrogen and oxygen atoms in total. The Bertz CT molecular complexity index is 1360. The molecule has 2 N–H and O–H groups in total. The van der Waals surface area contributed by atoms with Crippen LogP contribution in [0.5, 0.6) is 11.5 Å². The number of carboxylic acids is 1. The number of esters is 2. The summed E-state index contributed by atoms with van der Waals surface area (Å²) in [7, 11) is 2.76. The first-order valence-electron chi connectivity index (χ1n) is 10.8. The molecule has 12 heteroatoms. The van der Waals surface area contributed by atoms with E-state index in [4.69, 9.17) is 42.1 Å². The minimum absolute atomic E-state index is 0.0315. The number of benzene rings is 3. The molecule has 1 amide bonds. The molecule has 0 fully saturated rings. The summed E-state index contributed by atoms with van der Waals surface area (Å²) in [5.41, 5.74) is -0.0590. The average Bonchev–Trinajstić information content (AvgIpc) is 2.91. The van der Waals surface area contributed by atoms with Crippen molar-refractivity contribution < 1.29 is 43.2 Å². The first-order valence-corrected chi connectivity index (χ1v) is 11.6. The fourth-order valence-corrected chi connectivity index (χ4v) is 3.61. The van der Waals surface area contributed by atoms with Gasteiger partial charge in [-0.15, -0.1) is 0 Å². The lowest BCUT2D eigenvalue weighted by molar-refractivity contribution is -0.157. The second-order valence-corrected chi connectivity index (χ2v) is 8.41. The first kappa shape index (κ1) is 28.3. The molecule has 0 aliphatic heterocycles. The number of ether oxygens (including phenoxy) is 4. The van der Waals surface area contributed by atoms with Crippen molar-refractivity contribution in [2.75, 3.05) is 19.5 Å². The minimum Gasteiger partial charge on any atom is -0.497 e. The van der Waals surface area contributed by atoms with Crippen LogP contribution in [0.4, 0.5) is 5.69 Å². The third-order valence-electron chi connectivity index (χ3n) is 5.04. The van der Waals surface area contributed by atoms with E-state index in [1.165, 1.54) is 68.8 Å². The van der Waals surface area contributed by atoms with Crippen LogP contribution in [0.1, 0.15) is 20.7 Å². The number of methoxy groups -OCH3 is 2. The van der Waals surface area contributed by atoms with Crippen molar-refractivity contribution in [2.24, 2.45) is 0 Å². The second-order valence-electron chi connectivity index (χ2n) is 7.57. The Morgan fingerprint density at radius 1 is 0.763 bits per heavy atom. The molecule has 0 heterocycles. The van der Waals surface area contributed by atoms with Crippen LogP contribution < -0.4 is 14.8 Å². The van der Waals surface area contributed by atoms with Gasteiger partial charge in [0.2, 0.25) is 12.2 Å². The molecular weight excluding hydrogens is 541 g/mol. The summed E-state index contributed by atoms with van der Waals surface area (Å²) < 4.78 is 20.6. The van der Waals surface area contributed by atoms with Gasteiger partial charge in [-0.05, 0) is 54.6 Å². The summed E-state index contributed by atoms with van der Waals surface area (Å²) in [5, 5.41) is 12.6. The first-order chi connectivity index (χ1) is 18.1. The highest BCUT2D eigenvalue weighted by molar-refractivity contribution is 6.36. The number of carbonyl (C=O) groups excluding carboxylic acids is 3. The number of hydrogen-bond donors (Lipinski definition) is 2. The molecule has 0 spiro atoms. The van der Waals surface area contributed by atoms with E-state index in [0.717, 1.165) is 0 Å². The van der Waals surface area contributed by atoms with E-state index in [-0.39, 0.29) is 26.9 Å². The van der Waals surface area contributed by atoms with Crippen LogP contribution in [-0.4, -0.2) is 55.3 Å². The van der Waals surface area contributed by atoms with Crippen molar-refractivity contribution >= 4 is 52.7 Å². The normalized spacial score (nSPS) is 12.0. The third-order valence-corrected chi connectivity index (χ3v) is 5.59. The topological polar surface area (TPSA) is 137 Å². The molecule has 0 bridgehead atoms.